The van der Waals surface area contributed by atoms with Gasteiger partial charge in [-0.05, 0) is 109 Å². The Morgan fingerprint density at radius 1 is 1.02 bits per heavy atom. The van der Waals surface area contributed by atoms with Crippen LogP contribution in [-0.4, -0.2) is 85.7 Å². The minimum atomic E-state index is -0.508. The van der Waals surface area contributed by atoms with Gasteiger partial charge >= 0.3 is 6.09 Å². The van der Waals surface area contributed by atoms with Gasteiger partial charge in [-0.3, -0.25) is 0 Å². The molecule has 260 valence electrons. The van der Waals surface area contributed by atoms with Crippen molar-refractivity contribution in [2.24, 2.45) is 56.7 Å². The van der Waals surface area contributed by atoms with Crippen LogP contribution in [0.2, 0.25) is 0 Å². The van der Waals surface area contributed by atoms with Crippen molar-refractivity contribution in [2.75, 3.05) is 32.8 Å². The van der Waals surface area contributed by atoms with E-state index in [2.05, 4.69) is 53.8 Å². The van der Waals surface area contributed by atoms with Gasteiger partial charge in [-0.1, -0.05) is 48.5 Å². The first-order chi connectivity index (χ1) is 21.8. The molecular weight excluding hydrogens is 580 g/mol. The molecule has 0 aromatic carbocycles. The van der Waals surface area contributed by atoms with Gasteiger partial charge < -0.3 is 34.3 Å². The van der Waals surface area contributed by atoms with Gasteiger partial charge in [0.25, 0.3) is 0 Å². The summed E-state index contributed by atoms with van der Waals surface area (Å²) < 4.78 is 25.9. The summed E-state index contributed by atoms with van der Waals surface area (Å²) >= 11 is 0. The Morgan fingerprint density at radius 2 is 1.76 bits per heavy atom. The average Bonchev–Trinajstić information content (AvgIpc) is 3.61. The number of hydrogen-bond donors (Lipinski definition) is 2. The van der Waals surface area contributed by atoms with E-state index in [1.165, 1.54) is 38.5 Å². The Hall–Kier alpha value is -0.930. The van der Waals surface area contributed by atoms with Crippen molar-refractivity contribution in [2.45, 2.75) is 143 Å². The largest absolute Gasteiger partial charge is 0.443 e. The molecule has 14 atom stereocenters. The van der Waals surface area contributed by atoms with Gasteiger partial charge in [0.05, 0.1) is 31.0 Å². The van der Waals surface area contributed by atoms with Crippen LogP contribution in [-0.2, 0) is 18.9 Å². The fourth-order valence-electron chi connectivity index (χ4n) is 13.9. The maximum absolute atomic E-state index is 12.9. The van der Waals surface area contributed by atoms with Crippen molar-refractivity contribution in [3.05, 3.63) is 0 Å². The first-order valence-corrected chi connectivity index (χ1v) is 19.1. The number of ether oxygens (including phenoxy) is 4. The smallest absolute Gasteiger partial charge is 0.410 e. The van der Waals surface area contributed by atoms with Gasteiger partial charge in [-0.2, -0.15) is 0 Å². The number of aliphatic hydroxyl groups excluding tert-OH is 1. The molecule has 5 saturated carbocycles. The fourth-order valence-corrected chi connectivity index (χ4v) is 13.9. The number of carbonyl (C=O) groups is 1. The third kappa shape index (κ3) is 4.18. The number of nitrogens with zero attached hydrogens (tertiary/aromatic N) is 1. The number of likely N-dealkylation sites (tertiary alicyclic amines) is 1. The molecule has 3 saturated heterocycles. The maximum atomic E-state index is 12.9. The number of fused-ring (bicyclic) bond motifs is 4. The first-order valence-electron chi connectivity index (χ1n) is 19.1. The molecule has 46 heavy (non-hydrogen) atoms. The first kappa shape index (κ1) is 32.3. The number of nitrogens with one attached hydrogen (secondary N) is 1. The highest BCUT2D eigenvalue weighted by molar-refractivity contribution is 5.68. The second-order valence-electron chi connectivity index (χ2n) is 18.6. The lowest BCUT2D eigenvalue weighted by molar-refractivity contribution is -0.237. The molecule has 8 unspecified atom stereocenters. The normalized spacial score (nSPS) is 52.7. The van der Waals surface area contributed by atoms with Gasteiger partial charge in [0.1, 0.15) is 6.10 Å². The molecule has 8 aliphatic rings. The van der Waals surface area contributed by atoms with E-state index in [9.17, 15) is 9.90 Å². The number of morpholine rings is 1. The maximum Gasteiger partial charge on any atom is 0.410 e. The summed E-state index contributed by atoms with van der Waals surface area (Å²) in [6.45, 7) is 20.6. The number of amides is 1. The summed E-state index contributed by atoms with van der Waals surface area (Å²) in [5, 5.41) is 16.1. The molecule has 8 fully saturated rings. The van der Waals surface area contributed by atoms with E-state index in [-0.39, 0.29) is 59.0 Å². The van der Waals surface area contributed by atoms with Crippen molar-refractivity contribution < 1.29 is 28.8 Å². The van der Waals surface area contributed by atoms with Crippen LogP contribution in [0, 0.1) is 56.7 Å². The number of rotatable bonds is 5. The molecule has 1 amide bonds. The molecule has 8 nitrogen and oxygen atoms in total. The molecule has 8 heteroatoms. The zero-order chi connectivity index (χ0) is 32.4. The number of carbonyl (C=O) groups excluding carboxylic acids is 1. The van der Waals surface area contributed by atoms with Crippen LogP contribution in [0.5, 0.6) is 0 Å². The second kappa shape index (κ2) is 10.8. The van der Waals surface area contributed by atoms with Crippen molar-refractivity contribution in [3.63, 3.8) is 0 Å². The Kier molecular flexibility index (Phi) is 7.57. The van der Waals surface area contributed by atoms with E-state index in [1.54, 1.807) is 4.90 Å². The van der Waals surface area contributed by atoms with Crippen molar-refractivity contribution in [1.82, 2.24) is 10.2 Å². The van der Waals surface area contributed by atoms with Crippen LogP contribution in [0.15, 0.2) is 0 Å². The Labute approximate surface area is 277 Å². The van der Waals surface area contributed by atoms with Gasteiger partial charge in [0, 0.05) is 31.6 Å². The van der Waals surface area contributed by atoms with Crippen LogP contribution in [0.25, 0.3) is 0 Å². The molecule has 0 radical (unpaired) electrons. The highest BCUT2D eigenvalue weighted by Gasteiger charge is 2.84. The summed E-state index contributed by atoms with van der Waals surface area (Å²) in [4.78, 5) is 14.7. The summed E-state index contributed by atoms with van der Waals surface area (Å²) in [6.07, 6.45) is 9.16. The molecule has 3 heterocycles. The predicted octanol–water partition coefficient (Wildman–Crippen LogP) is 6.00. The van der Waals surface area contributed by atoms with Crippen LogP contribution in [0.4, 0.5) is 4.79 Å². The summed E-state index contributed by atoms with van der Waals surface area (Å²) in [7, 11) is 0. The van der Waals surface area contributed by atoms with Gasteiger partial charge in [-0.15, -0.1) is 0 Å². The lowest BCUT2D eigenvalue weighted by atomic mass is 9.41. The van der Waals surface area contributed by atoms with Crippen molar-refractivity contribution in [1.29, 1.82) is 0 Å². The molecule has 2 spiro atoms. The summed E-state index contributed by atoms with van der Waals surface area (Å²) in [5.74, 6) is 2.02. The Balaban J connectivity index is 1.04. The molecule has 5 aliphatic carbocycles. The molecule has 0 bridgehead atoms. The van der Waals surface area contributed by atoms with Gasteiger partial charge in [-0.25, -0.2) is 4.79 Å². The van der Waals surface area contributed by atoms with E-state index < -0.39 is 6.10 Å². The highest BCUT2D eigenvalue weighted by atomic mass is 16.7. The SMILES string of the molecule is CC(C)C(OC(=O)N1CCC1)C1C[C@@H](C)[C@H]2C(O1)[C@H](O)[C@@]1(C)C3CC[C@H]4C(C)(C)C(O[C@H]5CNCCO5)CCC45CC35CCC21C. The Bertz CT molecular complexity index is 1200. The van der Waals surface area contributed by atoms with E-state index in [1.807, 2.05) is 0 Å². The monoisotopic (exact) mass is 642 g/mol. The van der Waals surface area contributed by atoms with Crippen LogP contribution in [0.3, 0.4) is 0 Å². The minimum absolute atomic E-state index is 0.0246. The quantitative estimate of drug-likeness (QED) is 0.381. The summed E-state index contributed by atoms with van der Waals surface area (Å²) in [5.41, 5.74) is 0.614. The van der Waals surface area contributed by atoms with Crippen LogP contribution < -0.4 is 5.32 Å². The van der Waals surface area contributed by atoms with E-state index in [4.69, 9.17) is 18.9 Å². The molecule has 3 aliphatic heterocycles. The number of aliphatic hydroxyl groups is 1. The van der Waals surface area contributed by atoms with Crippen LogP contribution >= 0.6 is 0 Å². The van der Waals surface area contributed by atoms with Gasteiger partial charge in [0.2, 0.25) is 0 Å². The molecule has 8 rings (SSSR count). The average molecular weight is 643 g/mol. The lowest BCUT2D eigenvalue weighted by Crippen LogP contribution is -2.60. The van der Waals surface area contributed by atoms with Gasteiger partial charge in [0.15, 0.2) is 6.29 Å². The molecular formula is C38H62N2O6. The zero-order valence-electron chi connectivity index (χ0n) is 29.7. The van der Waals surface area contributed by atoms with E-state index >= 15 is 0 Å². The number of hydrogen-bond acceptors (Lipinski definition) is 7. The Morgan fingerprint density at radius 3 is 2.43 bits per heavy atom. The van der Waals surface area contributed by atoms with Crippen molar-refractivity contribution in [3.8, 4) is 0 Å². The molecule has 2 N–H and O–H groups in total. The highest BCUT2D eigenvalue weighted by Crippen LogP contribution is 2.89. The third-order valence-electron chi connectivity index (χ3n) is 16.3. The van der Waals surface area contributed by atoms with Crippen LogP contribution in [0.1, 0.15) is 106 Å². The third-order valence-corrected chi connectivity index (χ3v) is 16.3. The summed E-state index contributed by atoms with van der Waals surface area (Å²) in [6, 6.07) is 0. The van der Waals surface area contributed by atoms with E-state index in [0.29, 0.717) is 34.5 Å². The molecule has 0 aromatic heterocycles. The van der Waals surface area contributed by atoms with E-state index in [0.717, 1.165) is 52.0 Å². The molecule has 0 aromatic rings. The zero-order valence-corrected chi connectivity index (χ0v) is 29.7. The fraction of sp³-hybridized carbons (Fsp3) is 0.974. The topological polar surface area (TPSA) is 89.5 Å². The lowest BCUT2D eigenvalue weighted by Gasteiger charge is -2.63. The second-order valence-corrected chi connectivity index (χ2v) is 18.6. The minimum Gasteiger partial charge on any atom is -0.443 e. The standard InChI is InChI=1S/C38H62N2O6/c1-22(2)30(46-33(42)40-16-8-17-40)24-19-23(3)29-31(44-24)32(41)36(7)26-10-9-25-34(4,5)27(45-28-20-39-15-18-43-28)11-12-37(25)21-38(26,37)14-13-35(29,36)6/h22-32,39,41H,8-21H2,1-7H3/t23-,24?,25+,26?,27?,28+,29+,30?,31?,32+,35?,36-,37?,38?/m1/s1. The van der Waals surface area contributed by atoms with Crippen molar-refractivity contribution >= 4 is 6.09 Å². The predicted molar refractivity (Wildman–Crippen MR) is 175 cm³/mol.